The number of carboxylic acids is 1. The third-order valence-corrected chi connectivity index (χ3v) is 3.77. The van der Waals surface area contributed by atoms with Gasteiger partial charge in [-0.2, -0.15) is 0 Å². The Hall–Kier alpha value is -2.16. The van der Waals surface area contributed by atoms with E-state index < -0.39 is 5.97 Å². The van der Waals surface area contributed by atoms with E-state index in [9.17, 15) is 9.59 Å². The Labute approximate surface area is 158 Å². The highest BCUT2D eigenvalue weighted by molar-refractivity contribution is 5.96. The molecule has 0 saturated heterocycles. The molecule has 0 radical (unpaired) electrons. The average Bonchev–Trinajstić information content (AvgIpc) is 2.66. The molecule has 0 amide bonds. The Kier molecular flexibility index (Phi) is 9.61. The standard InChI is InChI=1S/C19H26O8/c20-16(2-1-3-19(21)22)15-4-5-17-18(14-15)27-13-11-25-9-7-23-6-8-24-10-12-26-17/h4-5,14H,1-3,6-13H2,(H,21,22). The summed E-state index contributed by atoms with van der Waals surface area (Å²) >= 11 is 0. The van der Waals surface area contributed by atoms with Crippen LogP contribution >= 0.6 is 0 Å². The van der Waals surface area contributed by atoms with Crippen molar-refractivity contribution in [2.75, 3.05) is 52.9 Å². The zero-order valence-electron chi connectivity index (χ0n) is 15.3. The first-order valence-corrected chi connectivity index (χ1v) is 9.04. The van der Waals surface area contributed by atoms with Crippen LogP contribution in [0.1, 0.15) is 29.6 Å². The molecule has 0 spiro atoms. The van der Waals surface area contributed by atoms with Crippen molar-refractivity contribution < 1.29 is 38.4 Å². The zero-order chi connectivity index (χ0) is 19.3. The van der Waals surface area contributed by atoms with Gasteiger partial charge in [-0.15, -0.1) is 0 Å². The van der Waals surface area contributed by atoms with Gasteiger partial charge in [0, 0.05) is 18.4 Å². The van der Waals surface area contributed by atoms with Crippen molar-refractivity contribution in [1.29, 1.82) is 0 Å². The van der Waals surface area contributed by atoms with Crippen molar-refractivity contribution in [3.05, 3.63) is 23.8 Å². The van der Waals surface area contributed by atoms with Gasteiger partial charge in [0.25, 0.3) is 0 Å². The molecule has 1 aromatic carbocycles. The maximum Gasteiger partial charge on any atom is 0.303 e. The summed E-state index contributed by atoms with van der Waals surface area (Å²) in [5.74, 6) is -0.0666. The lowest BCUT2D eigenvalue weighted by Gasteiger charge is -2.14. The highest BCUT2D eigenvalue weighted by Gasteiger charge is 2.13. The summed E-state index contributed by atoms with van der Waals surface area (Å²) in [6.45, 7) is 3.40. The van der Waals surface area contributed by atoms with Crippen LogP contribution in [-0.4, -0.2) is 69.7 Å². The van der Waals surface area contributed by atoms with Gasteiger partial charge < -0.3 is 28.8 Å². The average molecular weight is 382 g/mol. The van der Waals surface area contributed by atoms with E-state index in [1.807, 2.05) is 0 Å². The van der Waals surface area contributed by atoms with Crippen LogP contribution in [0.3, 0.4) is 0 Å². The smallest absolute Gasteiger partial charge is 0.303 e. The Morgan fingerprint density at radius 2 is 1.33 bits per heavy atom. The van der Waals surface area contributed by atoms with Gasteiger partial charge >= 0.3 is 5.97 Å². The fraction of sp³-hybridized carbons (Fsp3) is 0.579. The molecule has 0 saturated carbocycles. The predicted octanol–water partition coefficient (Wildman–Crippen LogP) is 1.95. The maximum atomic E-state index is 12.3. The van der Waals surface area contributed by atoms with Gasteiger partial charge in [-0.1, -0.05) is 0 Å². The highest BCUT2D eigenvalue weighted by atomic mass is 16.6. The van der Waals surface area contributed by atoms with Crippen LogP contribution in [0, 0.1) is 0 Å². The molecule has 1 aliphatic heterocycles. The molecule has 27 heavy (non-hydrogen) atoms. The van der Waals surface area contributed by atoms with Crippen LogP contribution in [0.15, 0.2) is 18.2 Å². The topological polar surface area (TPSA) is 101 Å². The molecule has 8 heteroatoms. The Balaban J connectivity index is 2.00. The van der Waals surface area contributed by atoms with E-state index >= 15 is 0 Å². The Morgan fingerprint density at radius 1 is 0.778 bits per heavy atom. The van der Waals surface area contributed by atoms with Crippen molar-refractivity contribution >= 4 is 11.8 Å². The van der Waals surface area contributed by atoms with E-state index in [-0.39, 0.29) is 18.6 Å². The molecule has 0 aliphatic carbocycles. The van der Waals surface area contributed by atoms with Crippen molar-refractivity contribution in [2.45, 2.75) is 19.3 Å². The van der Waals surface area contributed by atoms with E-state index in [0.717, 1.165) is 0 Å². The molecule has 1 aromatic rings. The lowest BCUT2D eigenvalue weighted by atomic mass is 10.0. The number of aliphatic carboxylic acids is 1. The minimum Gasteiger partial charge on any atom is -0.487 e. The number of fused-ring (bicyclic) bond motifs is 1. The second kappa shape index (κ2) is 12.3. The third-order valence-electron chi connectivity index (χ3n) is 3.77. The minimum atomic E-state index is -0.910. The number of carboxylic acid groups (broad SMARTS) is 1. The van der Waals surface area contributed by atoms with Gasteiger partial charge in [0.05, 0.1) is 39.6 Å². The summed E-state index contributed by atoms with van der Waals surface area (Å²) in [6, 6.07) is 4.97. The number of ketones is 1. The molecule has 8 nitrogen and oxygen atoms in total. The van der Waals surface area contributed by atoms with Gasteiger partial charge in [-0.3, -0.25) is 9.59 Å². The summed E-state index contributed by atoms with van der Waals surface area (Å²) in [5, 5.41) is 8.68. The maximum absolute atomic E-state index is 12.3. The van der Waals surface area contributed by atoms with Crippen molar-refractivity contribution in [1.82, 2.24) is 0 Å². The van der Waals surface area contributed by atoms with E-state index in [2.05, 4.69) is 0 Å². The first-order valence-electron chi connectivity index (χ1n) is 9.04. The van der Waals surface area contributed by atoms with Gasteiger partial charge in [0.15, 0.2) is 17.3 Å². The van der Waals surface area contributed by atoms with E-state index in [0.29, 0.717) is 76.3 Å². The molecule has 0 aromatic heterocycles. The SMILES string of the molecule is O=C(O)CCCC(=O)c1ccc2c(c1)OCCOCCOCCOCCO2. The van der Waals surface area contributed by atoms with E-state index in [4.69, 9.17) is 28.8 Å². The normalized spacial score (nSPS) is 16.7. The number of carbonyl (C=O) groups excluding carboxylic acids is 1. The van der Waals surface area contributed by atoms with Crippen LogP contribution in [0.5, 0.6) is 11.5 Å². The first kappa shape index (κ1) is 21.1. The molecule has 0 fully saturated rings. The molecule has 1 aliphatic rings. The fourth-order valence-electron chi connectivity index (χ4n) is 2.42. The first-order chi connectivity index (χ1) is 13.2. The molecular weight excluding hydrogens is 356 g/mol. The van der Waals surface area contributed by atoms with Crippen molar-refractivity contribution in [2.24, 2.45) is 0 Å². The Morgan fingerprint density at radius 3 is 1.93 bits per heavy atom. The van der Waals surface area contributed by atoms with Crippen LogP contribution in [0.25, 0.3) is 0 Å². The largest absolute Gasteiger partial charge is 0.487 e. The summed E-state index contributed by atoms with van der Waals surface area (Å²) in [6.07, 6.45) is 0.441. The summed E-state index contributed by atoms with van der Waals surface area (Å²) in [5.41, 5.74) is 0.464. The molecule has 1 N–H and O–H groups in total. The van der Waals surface area contributed by atoms with E-state index in [1.54, 1.807) is 18.2 Å². The molecule has 0 unspecified atom stereocenters. The monoisotopic (exact) mass is 382 g/mol. The van der Waals surface area contributed by atoms with Crippen LogP contribution < -0.4 is 9.47 Å². The van der Waals surface area contributed by atoms with E-state index in [1.165, 1.54) is 0 Å². The molecule has 0 atom stereocenters. The number of benzene rings is 1. The van der Waals surface area contributed by atoms with Crippen molar-refractivity contribution in [3.8, 4) is 11.5 Å². The predicted molar refractivity (Wildman–Crippen MR) is 95.7 cm³/mol. The summed E-state index contributed by atoms with van der Waals surface area (Å²) in [7, 11) is 0. The molecule has 1 heterocycles. The van der Waals surface area contributed by atoms with Gasteiger partial charge in [0.1, 0.15) is 13.2 Å². The number of Topliss-reactive ketones (excluding diaryl/α,β-unsaturated/α-hetero) is 1. The fourth-order valence-corrected chi connectivity index (χ4v) is 2.42. The lowest BCUT2D eigenvalue weighted by molar-refractivity contribution is -0.137. The van der Waals surface area contributed by atoms with Crippen molar-refractivity contribution in [3.63, 3.8) is 0 Å². The molecular formula is C19H26O8. The van der Waals surface area contributed by atoms with Gasteiger partial charge in [-0.05, 0) is 24.6 Å². The molecule has 150 valence electrons. The van der Waals surface area contributed by atoms with Crippen LogP contribution in [-0.2, 0) is 19.0 Å². The Bertz CT molecular complexity index is 601. The number of hydrogen-bond donors (Lipinski definition) is 1. The minimum absolute atomic E-state index is 0.0304. The second-order valence-electron chi connectivity index (χ2n) is 5.87. The number of ether oxygens (including phenoxy) is 5. The molecule has 0 bridgehead atoms. The molecule has 2 rings (SSSR count). The number of carbonyl (C=O) groups is 2. The van der Waals surface area contributed by atoms with Crippen LogP contribution in [0.2, 0.25) is 0 Å². The van der Waals surface area contributed by atoms with Gasteiger partial charge in [-0.25, -0.2) is 0 Å². The third kappa shape index (κ3) is 8.38. The van der Waals surface area contributed by atoms with Gasteiger partial charge in [0.2, 0.25) is 0 Å². The summed E-state index contributed by atoms with van der Waals surface area (Å²) < 4.78 is 27.6. The number of rotatable bonds is 5. The highest BCUT2D eigenvalue weighted by Crippen LogP contribution is 2.29. The second-order valence-corrected chi connectivity index (χ2v) is 5.87. The summed E-state index contributed by atoms with van der Waals surface area (Å²) in [4.78, 5) is 22.8. The lowest BCUT2D eigenvalue weighted by Crippen LogP contribution is -2.13. The number of hydrogen-bond acceptors (Lipinski definition) is 7. The van der Waals surface area contributed by atoms with Crippen LogP contribution in [0.4, 0.5) is 0 Å². The quantitative estimate of drug-likeness (QED) is 0.771. The zero-order valence-corrected chi connectivity index (χ0v) is 15.3.